The molecule has 2 nitrogen and oxygen atoms in total. The fourth-order valence-corrected chi connectivity index (χ4v) is 8.51. The van der Waals surface area contributed by atoms with Gasteiger partial charge in [0.2, 0.25) is 6.29 Å². The van der Waals surface area contributed by atoms with Crippen LogP contribution in [0.15, 0.2) is 24.3 Å². The summed E-state index contributed by atoms with van der Waals surface area (Å²) in [6.07, 6.45) is 15.6. The lowest BCUT2D eigenvalue weighted by molar-refractivity contribution is -0.238. The molecule has 1 aromatic carbocycles. The fourth-order valence-electron chi connectivity index (χ4n) is 8.51. The number of hydrogen-bond donors (Lipinski definition) is 0. The lowest BCUT2D eigenvalue weighted by Gasteiger charge is -2.58. The van der Waals surface area contributed by atoms with E-state index in [-0.39, 0.29) is 11.7 Å². The summed E-state index contributed by atoms with van der Waals surface area (Å²) in [6.45, 7) is 4.58. The summed E-state index contributed by atoms with van der Waals surface area (Å²) in [5.41, 5.74) is 1.69. The largest absolute Gasteiger partial charge is 0.464 e. The van der Waals surface area contributed by atoms with Gasteiger partial charge >= 0.3 is 0 Å². The maximum Gasteiger partial charge on any atom is 0.205 e. The zero-order valence-corrected chi connectivity index (χ0v) is 19.0. The van der Waals surface area contributed by atoms with E-state index in [9.17, 15) is 0 Å². The first-order valence-electron chi connectivity index (χ1n) is 13.0. The number of hydrogen-bond acceptors (Lipinski definition) is 2. The van der Waals surface area contributed by atoms with Gasteiger partial charge < -0.3 is 9.47 Å². The van der Waals surface area contributed by atoms with Gasteiger partial charge in [0.1, 0.15) is 5.75 Å². The average molecular weight is 409 g/mol. The van der Waals surface area contributed by atoms with E-state index in [0.717, 1.165) is 35.3 Å². The van der Waals surface area contributed by atoms with Crippen molar-refractivity contribution < 1.29 is 9.47 Å². The highest BCUT2D eigenvalue weighted by Gasteiger charge is 2.57. The molecule has 6 fully saturated rings. The normalized spacial score (nSPS) is 43.1. The van der Waals surface area contributed by atoms with Crippen molar-refractivity contribution in [1.82, 2.24) is 0 Å². The first kappa shape index (κ1) is 19.6. The number of rotatable bonds is 7. The van der Waals surface area contributed by atoms with Gasteiger partial charge in [-0.2, -0.15) is 0 Å². The first-order chi connectivity index (χ1) is 14.6. The van der Waals surface area contributed by atoms with Crippen LogP contribution in [-0.4, -0.2) is 12.4 Å². The molecule has 0 saturated heterocycles. The summed E-state index contributed by atoms with van der Waals surface area (Å²) in [7, 11) is 0. The lowest BCUT2D eigenvalue weighted by atomic mass is 9.49. The van der Waals surface area contributed by atoms with Crippen LogP contribution in [0.25, 0.3) is 0 Å². The Morgan fingerprint density at radius 3 is 2.07 bits per heavy atom. The van der Waals surface area contributed by atoms with Crippen molar-refractivity contribution >= 4 is 0 Å². The second-order valence-corrected chi connectivity index (χ2v) is 12.0. The number of fused-ring (bicyclic) bond motifs is 2. The van der Waals surface area contributed by atoms with Crippen LogP contribution in [0, 0.1) is 35.0 Å². The number of ether oxygens (including phenoxy) is 2. The zero-order chi connectivity index (χ0) is 20.3. The predicted octanol–water partition coefficient (Wildman–Crippen LogP) is 7.33. The molecule has 0 aliphatic heterocycles. The van der Waals surface area contributed by atoms with Gasteiger partial charge in [0, 0.05) is 5.41 Å². The van der Waals surface area contributed by atoms with Gasteiger partial charge in [0.05, 0.1) is 6.10 Å². The minimum absolute atomic E-state index is 0.0373. The van der Waals surface area contributed by atoms with Crippen molar-refractivity contribution in [3.63, 3.8) is 0 Å². The summed E-state index contributed by atoms with van der Waals surface area (Å²) in [4.78, 5) is 0. The van der Waals surface area contributed by atoms with Crippen LogP contribution >= 0.6 is 0 Å². The van der Waals surface area contributed by atoms with Gasteiger partial charge in [0.15, 0.2) is 0 Å². The van der Waals surface area contributed by atoms with E-state index >= 15 is 0 Å². The van der Waals surface area contributed by atoms with Gasteiger partial charge in [-0.25, -0.2) is 0 Å². The Kier molecular flexibility index (Phi) is 4.94. The van der Waals surface area contributed by atoms with Gasteiger partial charge in [-0.1, -0.05) is 26.0 Å². The molecule has 0 heterocycles. The smallest absolute Gasteiger partial charge is 0.205 e. The predicted molar refractivity (Wildman–Crippen MR) is 120 cm³/mol. The van der Waals surface area contributed by atoms with Crippen LogP contribution in [-0.2, 0) is 4.74 Å². The molecule has 6 saturated carbocycles. The Bertz CT molecular complexity index is 717. The third kappa shape index (κ3) is 3.42. The van der Waals surface area contributed by atoms with Crippen molar-refractivity contribution in [2.45, 2.75) is 103 Å². The first-order valence-corrected chi connectivity index (χ1v) is 13.0. The highest BCUT2D eigenvalue weighted by atomic mass is 16.7. The maximum atomic E-state index is 7.01. The third-order valence-electron chi connectivity index (χ3n) is 9.86. The molecular formula is C28H40O2. The molecule has 0 spiro atoms. The third-order valence-corrected chi connectivity index (χ3v) is 9.86. The van der Waals surface area contributed by atoms with Crippen LogP contribution in [0.1, 0.15) is 96.0 Å². The quantitative estimate of drug-likeness (QED) is 0.440. The lowest BCUT2D eigenvalue weighted by Crippen LogP contribution is -2.55. The summed E-state index contributed by atoms with van der Waals surface area (Å²) in [5.74, 6) is 6.14. The van der Waals surface area contributed by atoms with Crippen LogP contribution in [0.3, 0.4) is 0 Å². The van der Waals surface area contributed by atoms with Gasteiger partial charge in [-0.3, -0.25) is 0 Å². The maximum absolute atomic E-state index is 7.01. The molecule has 30 heavy (non-hydrogen) atoms. The Morgan fingerprint density at radius 2 is 1.53 bits per heavy atom. The summed E-state index contributed by atoms with van der Waals surface area (Å²) in [5, 5.41) is 0. The van der Waals surface area contributed by atoms with Crippen molar-refractivity contribution in [2.24, 2.45) is 35.0 Å². The summed E-state index contributed by atoms with van der Waals surface area (Å²) < 4.78 is 13.8. The van der Waals surface area contributed by atoms with Gasteiger partial charge in [-0.05, 0) is 124 Å². The van der Waals surface area contributed by atoms with Crippen LogP contribution in [0.5, 0.6) is 5.75 Å². The molecule has 5 atom stereocenters. The topological polar surface area (TPSA) is 18.5 Å². The molecular weight excluding hydrogens is 368 g/mol. The van der Waals surface area contributed by atoms with Crippen LogP contribution in [0.4, 0.5) is 0 Å². The van der Waals surface area contributed by atoms with Crippen molar-refractivity contribution in [1.29, 1.82) is 0 Å². The van der Waals surface area contributed by atoms with Crippen LogP contribution in [0.2, 0.25) is 0 Å². The number of benzene rings is 1. The van der Waals surface area contributed by atoms with E-state index in [1.807, 2.05) is 0 Å². The van der Waals surface area contributed by atoms with E-state index in [1.54, 1.807) is 0 Å². The molecule has 0 N–H and O–H groups in total. The van der Waals surface area contributed by atoms with E-state index < -0.39 is 0 Å². The van der Waals surface area contributed by atoms with Gasteiger partial charge in [-0.15, -0.1) is 0 Å². The van der Waals surface area contributed by atoms with E-state index in [0.29, 0.717) is 12.0 Å². The molecule has 5 unspecified atom stereocenters. The summed E-state index contributed by atoms with van der Waals surface area (Å²) >= 11 is 0. The minimum atomic E-state index is -0.0373. The van der Waals surface area contributed by atoms with E-state index in [1.165, 1.54) is 76.2 Å². The van der Waals surface area contributed by atoms with Gasteiger partial charge in [0.25, 0.3) is 0 Å². The van der Waals surface area contributed by atoms with Crippen molar-refractivity contribution in [2.75, 3.05) is 0 Å². The Morgan fingerprint density at radius 1 is 0.867 bits per heavy atom. The molecule has 164 valence electrons. The minimum Gasteiger partial charge on any atom is -0.464 e. The van der Waals surface area contributed by atoms with Crippen molar-refractivity contribution in [3.05, 3.63) is 29.8 Å². The highest BCUT2D eigenvalue weighted by molar-refractivity contribution is 5.29. The molecule has 6 bridgehead atoms. The van der Waals surface area contributed by atoms with E-state index in [4.69, 9.17) is 9.47 Å². The summed E-state index contributed by atoms with van der Waals surface area (Å²) in [6, 6.07) is 8.97. The fraction of sp³-hybridized carbons (Fsp3) is 0.786. The van der Waals surface area contributed by atoms with E-state index in [2.05, 4.69) is 38.1 Å². The monoisotopic (exact) mass is 408 g/mol. The SMILES string of the molecule is CCC(C)c1ccc(OC(OC2CC3CCC2C3)C23CC4CC(CC(C4)C2)C3)cc1. The molecule has 6 aliphatic rings. The molecule has 0 aromatic heterocycles. The molecule has 0 amide bonds. The van der Waals surface area contributed by atoms with Crippen molar-refractivity contribution in [3.8, 4) is 5.75 Å². The van der Waals surface area contributed by atoms with Crippen LogP contribution < -0.4 is 4.74 Å². The molecule has 6 aliphatic carbocycles. The molecule has 2 heteroatoms. The Balaban J connectivity index is 1.25. The standard InChI is InChI=1S/C28H40O2/c1-3-18(2)23-6-8-25(9-7-23)29-27(30-26-14-19-4-5-24(26)13-19)28-15-20-10-21(16-28)12-22(11-20)17-28/h6-9,18-22,24,26-27H,3-5,10-17H2,1-2H3. The Labute approximate surface area is 183 Å². The molecule has 7 rings (SSSR count). The Hall–Kier alpha value is -1.02. The molecule has 1 aromatic rings. The average Bonchev–Trinajstić information content (AvgIpc) is 3.35. The zero-order valence-electron chi connectivity index (χ0n) is 19.0. The molecule has 0 radical (unpaired) electrons. The second-order valence-electron chi connectivity index (χ2n) is 12.0. The second kappa shape index (κ2) is 7.54. The highest BCUT2D eigenvalue weighted by Crippen LogP contribution is 2.62.